The van der Waals surface area contributed by atoms with Gasteiger partial charge in [-0.25, -0.2) is 0 Å². The predicted molar refractivity (Wildman–Crippen MR) is 76.7 cm³/mol. The standard InChI is InChI=1S/C16H19Cl/c1-12(10-13(2)17)11-15-8-5-7-14-6-3-4-9-16(14)15/h3-9,12-13H,10-11H2,1-2H3. The summed E-state index contributed by atoms with van der Waals surface area (Å²) in [7, 11) is 0. The van der Waals surface area contributed by atoms with Crippen LogP contribution in [-0.2, 0) is 6.42 Å². The summed E-state index contributed by atoms with van der Waals surface area (Å²) in [4.78, 5) is 0. The molecule has 2 unspecified atom stereocenters. The summed E-state index contributed by atoms with van der Waals surface area (Å²) in [6.07, 6.45) is 2.18. The van der Waals surface area contributed by atoms with E-state index in [0.717, 1.165) is 12.8 Å². The van der Waals surface area contributed by atoms with Crippen molar-refractivity contribution in [1.29, 1.82) is 0 Å². The van der Waals surface area contributed by atoms with E-state index >= 15 is 0 Å². The zero-order valence-electron chi connectivity index (χ0n) is 10.5. The van der Waals surface area contributed by atoms with E-state index in [9.17, 15) is 0 Å². The fourth-order valence-electron chi connectivity index (χ4n) is 2.48. The Balaban J connectivity index is 2.24. The van der Waals surface area contributed by atoms with Crippen molar-refractivity contribution in [3.8, 4) is 0 Å². The van der Waals surface area contributed by atoms with Gasteiger partial charge in [-0.15, -0.1) is 11.6 Å². The molecule has 90 valence electrons. The van der Waals surface area contributed by atoms with E-state index in [1.807, 2.05) is 0 Å². The lowest BCUT2D eigenvalue weighted by molar-refractivity contribution is 0.528. The van der Waals surface area contributed by atoms with Crippen molar-refractivity contribution < 1.29 is 0 Å². The van der Waals surface area contributed by atoms with Crippen molar-refractivity contribution in [3.05, 3.63) is 48.0 Å². The molecule has 0 bridgehead atoms. The molecular formula is C16H19Cl. The molecule has 17 heavy (non-hydrogen) atoms. The third-order valence-electron chi connectivity index (χ3n) is 3.18. The Kier molecular flexibility index (Phi) is 4.06. The molecule has 2 aromatic carbocycles. The van der Waals surface area contributed by atoms with Crippen LogP contribution in [0.2, 0.25) is 0 Å². The summed E-state index contributed by atoms with van der Waals surface area (Å²) in [5.74, 6) is 0.633. The molecule has 0 N–H and O–H groups in total. The highest BCUT2D eigenvalue weighted by Crippen LogP contribution is 2.23. The maximum Gasteiger partial charge on any atom is 0.0310 e. The maximum absolute atomic E-state index is 6.06. The fourth-order valence-corrected chi connectivity index (χ4v) is 2.79. The third kappa shape index (κ3) is 3.23. The van der Waals surface area contributed by atoms with Gasteiger partial charge in [0.2, 0.25) is 0 Å². The second kappa shape index (κ2) is 5.55. The second-order valence-corrected chi connectivity index (χ2v) is 5.71. The third-order valence-corrected chi connectivity index (χ3v) is 3.35. The minimum Gasteiger partial charge on any atom is -0.123 e. The molecular weight excluding hydrogens is 228 g/mol. The van der Waals surface area contributed by atoms with Crippen molar-refractivity contribution in [2.75, 3.05) is 0 Å². The molecule has 0 aliphatic carbocycles. The van der Waals surface area contributed by atoms with E-state index in [1.54, 1.807) is 0 Å². The highest BCUT2D eigenvalue weighted by molar-refractivity contribution is 6.20. The molecule has 2 atom stereocenters. The SMILES string of the molecule is CC(Cl)CC(C)Cc1cccc2ccccc12. The first-order valence-electron chi connectivity index (χ1n) is 6.27. The Morgan fingerprint density at radius 3 is 2.47 bits per heavy atom. The maximum atomic E-state index is 6.06. The number of alkyl halides is 1. The minimum absolute atomic E-state index is 0.264. The normalized spacial score (nSPS) is 14.8. The molecule has 0 saturated heterocycles. The highest BCUT2D eigenvalue weighted by atomic mass is 35.5. The van der Waals surface area contributed by atoms with Crippen LogP contribution in [-0.4, -0.2) is 5.38 Å². The number of benzene rings is 2. The Morgan fingerprint density at radius 2 is 1.71 bits per heavy atom. The summed E-state index contributed by atoms with van der Waals surface area (Å²) in [5, 5.41) is 2.97. The van der Waals surface area contributed by atoms with Crippen molar-refractivity contribution in [1.82, 2.24) is 0 Å². The van der Waals surface area contributed by atoms with Crippen LogP contribution in [0.4, 0.5) is 0 Å². The fraction of sp³-hybridized carbons (Fsp3) is 0.375. The minimum atomic E-state index is 0.264. The Hall–Kier alpha value is -1.01. The molecule has 0 amide bonds. The average Bonchev–Trinajstić information content (AvgIpc) is 2.28. The number of hydrogen-bond donors (Lipinski definition) is 0. The van der Waals surface area contributed by atoms with Gasteiger partial charge in [0.05, 0.1) is 0 Å². The van der Waals surface area contributed by atoms with Crippen molar-refractivity contribution >= 4 is 22.4 Å². The first-order chi connectivity index (χ1) is 8.16. The quantitative estimate of drug-likeness (QED) is 0.664. The first-order valence-corrected chi connectivity index (χ1v) is 6.71. The summed E-state index contributed by atoms with van der Waals surface area (Å²) in [5.41, 5.74) is 1.44. The van der Waals surface area contributed by atoms with Crippen LogP contribution in [0.3, 0.4) is 0 Å². The van der Waals surface area contributed by atoms with Gasteiger partial charge < -0.3 is 0 Å². The van der Waals surface area contributed by atoms with Crippen LogP contribution < -0.4 is 0 Å². The van der Waals surface area contributed by atoms with Gasteiger partial charge in [0.15, 0.2) is 0 Å². The van der Waals surface area contributed by atoms with E-state index in [-0.39, 0.29) is 5.38 Å². The molecule has 0 fully saturated rings. The van der Waals surface area contributed by atoms with Crippen molar-refractivity contribution in [2.24, 2.45) is 5.92 Å². The van der Waals surface area contributed by atoms with E-state index < -0.39 is 0 Å². The molecule has 0 radical (unpaired) electrons. The smallest absolute Gasteiger partial charge is 0.0310 e. The molecule has 0 heterocycles. The molecule has 2 aromatic rings. The molecule has 1 heteroatoms. The van der Waals surface area contributed by atoms with E-state index in [4.69, 9.17) is 11.6 Å². The Bertz CT molecular complexity index is 482. The van der Waals surface area contributed by atoms with E-state index in [1.165, 1.54) is 16.3 Å². The van der Waals surface area contributed by atoms with Gasteiger partial charge in [-0.1, -0.05) is 49.4 Å². The van der Waals surface area contributed by atoms with Gasteiger partial charge in [-0.05, 0) is 42.0 Å². The lowest BCUT2D eigenvalue weighted by Crippen LogP contribution is -2.05. The number of rotatable bonds is 4. The topological polar surface area (TPSA) is 0 Å². The van der Waals surface area contributed by atoms with Gasteiger partial charge in [0, 0.05) is 5.38 Å². The van der Waals surface area contributed by atoms with Gasteiger partial charge in [-0.3, -0.25) is 0 Å². The lowest BCUT2D eigenvalue weighted by atomic mass is 9.93. The summed E-state index contributed by atoms with van der Waals surface area (Å²) in [6, 6.07) is 15.1. The largest absolute Gasteiger partial charge is 0.123 e. The van der Waals surface area contributed by atoms with Gasteiger partial charge in [-0.2, -0.15) is 0 Å². The highest BCUT2D eigenvalue weighted by Gasteiger charge is 2.09. The van der Waals surface area contributed by atoms with E-state index in [0.29, 0.717) is 5.92 Å². The van der Waals surface area contributed by atoms with E-state index in [2.05, 4.69) is 56.3 Å². The molecule has 0 aliphatic heterocycles. The van der Waals surface area contributed by atoms with Crippen LogP contribution >= 0.6 is 11.6 Å². The average molecular weight is 247 g/mol. The lowest BCUT2D eigenvalue weighted by Gasteiger charge is -2.14. The summed E-state index contributed by atoms with van der Waals surface area (Å²) >= 11 is 6.06. The summed E-state index contributed by atoms with van der Waals surface area (Å²) < 4.78 is 0. The molecule has 0 aliphatic rings. The summed E-state index contributed by atoms with van der Waals surface area (Å²) in [6.45, 7) is 4.35. The molecule has 0 nitrogen and oxygen atoms in total. The van der Waals surface area contributed by atoms with Gasteiger partial charge >= 0.3 is 0 Å². The number of halogens is 1. The number of hydrogen-bond acceptors (Lipinski definition) is 0. The monoisotopic (exact) mass is 246 g/mol. The van der Waals surface area contributed by atoms with Crippen LogP contribution in [0.25, 0.3) is 10.8 Å². The number of fused-ring (bicyclic) bond motifs is 1. The molecule has 2 rings (SSSR count). The Morgan fingerprint density at radius 1 is 1.00 bits per heavy atom. The van der Waals surface area contributed by atoms with Crippen molar-refractivity contribution in [3.63, 3.8) is 0 Å². The molecule has 0 saturated carbocycles. The van der Waals surface area contributed by atoms with Crippen LogP contribution in [0.5, 0.6) is 0 Å². The molecule has 0 aromatic heterocycles. The van der Waals surface area contributed by atoms with Gasteiger partial charge in [0.25, 0.3) is 0 Å². The molecule has 0 spiro atoms. The van der Waals surface area contributed by atoms with Gasteiger partial charge in [0.1, 0.15) is 0 Å². The first kappa shape index (κ1) is 12.4. The Labute approximate surface area is 109 Å². The van der Waals surface area contributed by atoms with Crippen LogP contribution in [0, 0.1) is 5.92 Å². The zero-order chi connectivity index (χ0) is 12.3. The van der Waals surface area contributed by atoms with Crippen molar-refractivity contribution in [2.45, 2.75) is 32.1 Å². The second-order valence-electron chi connectivity index (χ2n) is 4.96. The predicted octanol–water partition coefficient (Wildman–Crippen LogP) is 5.04. The van der Waals surface area contributed by atoms with Crippen LogP contribution in [0.1, 0.15) is 25.8 Å². The van der Waals surface area contributed by atoms with Crippen LogP contribution in [0.15, 0.2) is 42.5 Å². The zero-order valence-corrected chi connectivity index (χ0v) is 11.2.